The van der Waals surface area contributed by atoms with E-state index in [-0.39, 0.29) is 0 Å². The first kappa shape index (κ1) is 13.3. The summed E-state index contributed by atoms with van der Waals surface area (Å²) in [6, 6.07) is 8.37. The molecule has 1 heterocycles. The Kier molecular flexibility index (Phi) is 3.97. The van der Waals surface area contributed by atoms with Crippen molar-refractivity contribution in [3.8, 4) is 0 Å². The Hall–Kier alpha value is -2.14. The molecule has 0 aliphatic carbocycles. The molecule has 5 heteroatoms. The highest BCUT2D eigenvalue weighted by molar-refractivity contribution is 5.66. The summed E-state index contributed by atoms with van der Waals surface area (Å²) in [7, 11) is 0. The molecule has 0 fully saturated rings. The number of aryl methyl sites for hydroxylation is 1. The molecule has 5 nitrogen and oxygen atoms in total. The minimum Gasteiger partial charge on any atom is -0.326 e. The fourth-order valence-electron chi connectivity index (χ4n) is 2.04. The second-order valence-corrected chi connectivity index (χ2v) is 4.40. The first-order valence-electron chi connectivity index (χ1n) is 6.29. The van der Waals surface area contributed by atoms with Crippen LogP contribution in [-0.2, 0) is 0 Å². The van der Waals surface area contributed by atoms with Gasteiger partial charge < -0.3 is 10.3 Å². The van der Waals surface area contributed by atoms with E-state index in [1.54, 1.807) is 0 Å². The van der Waals surface area contributed by atoms with Crippen molar-refractivity contribution in [1.29, 1.82) is 0 Å². The third-order valence-corrected chi connectivity index (χ3v) is 3.11. The summed E-state index contributed by atoms with van der Waals surface area (Å²) < 4.78 is 0. The third-order valence-electron chi connectivity index (χ3n) is 3.11. The second kappa shape index (κ2) is 5.67. The highest BCUT2D eigenvalue weighted by Gasteiger charge is 2.14. The maximum atomic E-state index is 5.46. The van der Waals surface area contributed by atoms with Gasteiger partial charge in [-0.05, 0) is 32.9 Å². The largest absolute Gasteiger partial charge is 0.326 e. The van der Waals surface area contributed by atoms with Crippen LogP contribution in [0.5, 0.6) is 0 Å². The molecule has 100 valence electrons. The molecule has 3 N–H and O–H groups in total. The number of hydrogen-bond donors (Lipinski definition) is 2. The van der Waals surface area contributed by atoms with Gasteiger partial charge >= 0.3 is 0 Å². The van der Waals surface area contributed by atoms with Crippen LogP contribution in [0.4, 0.5) is 17.3 Å². The summed E-state index contributed by atoms with van der Waals surface area (Å²) >= 11 is 0. The molecule has 1 aromatic heterocycles. The van der Waals surface area contributed by atoms with Crippen molar-refractivity contribution < 1.29 is 0 Å². The van der Waals surface area contributed by atoms with Crippen molar-refractivity contribution >= 4 is 17.3 Å². The molecule has 2 rings (SSSR count). The molecular formula is C14H19N5. The van der Waals surface area contributed by atoms with Crippen LogP contribution in [0.3, 0.4) is 0 Å². The number of nitrogen functional groups attached to an aromatic ring is 1. The molecule has 0 aliphatic heterocycles. The molecule has 0 atom stereocenters. The first-order valence-corrected chi connectivity index (χ1v) is 6.29. The lowest BCUT2D eigenvalue weighted by Crippen LogP contribution is -2.20. The van der Waals surface area contributed by atoms with E-state index in [0.29, 0.717) is 5.82 Å². The monoisotopic (exact) mass is 257 g/mol. The van der Waals surface area contributed by atoms with Gasteiger partial charge in [0.25, 0.3) is 0 Å². The standard InChI is InChI=1S/C14H19N5/c1-4-19(12-7-5-10(2)6-8-12)14-11(3)13(18-15)16-9-17-14/h5-9H,4,15H2,1-3H3,(H,16,17,18). The number of benzene rings is 1. The quantitative estimate of drug-likeness (QED) is 0.651. The summed E-state index contributed by atoms with van der Waals surface area (Å²) in [4.78, 5) is 10.6. The smallest absolute Gasteiger partial charge is 0.148 e. The van der Waals surface area contributed by atoms with Crippen LogP contribution in [0.15, 0.2) is 30.6 Å². The molecule has 0 saturated carbocycles. The number of nitrogens with two attached hydrogens (primary N) is 1. The van der Waals surface area contributed by atoms with Crippen LogP contribution < -0.4 is 16.2 Å². The Morgan fingerprint density at radius 3 is 2.42 bits per heavy atom. The summed E-state index contributed by atoms with van der Waals surface area (Å²) in [5.74, 6) is 6.98. The number of nitrogens with zero attached hydrogens (tertiary/aromatic N) is 3. The number of anilines is 3. The zero-order valence-electron chi connectivity index (χ0n) is 11.5. The molecule has 0 saturated heterocycles. The minimum atomic E-state index is 0.649. The van der Waals surface area contributed by atoms with Crippen molar-refractivity contribution in [3.63, 3.8) is 0 Å². The van der Waals surface area contributed by atoms with Crippen molar-refractivity contribution in [1.82, 2.24) is 9.97 Å². The van der Waals surface area contributed by atoms with Crippen LogP contribution in [0.25, 0.3) is 0 Å². The van der Waals surface area contributed by atoms with E-state index < -0.39 is 0 Å². The van der Waals surface area contributed by atoms with Gasteiger partial charge in [0.15, 0.2) is 0 Å². The average Bonchev–Trinajstić information content (AvgIpc) is 2.43. The van der Waals surface area contributed by atoms with E-state index in [0.717, 1.165) is 23.6 Å². The molecule has 0 bridgehead atoms. The molecule has 2 aromatic rings. The van der Waals surface area contributed by atoms with Gasteiger partial charge in [0.05, 0.1) is 0 Å². The summed E-state index contributed by atoms with van der Waals surface area (Å²) in [6.45, 7) is 6.95. The minimum absolute atomic E-state index is 0.649. The Labute approximate surface area is 113 Å². The second-order valence-electron chi connectivity index (χ2n) is 4.40. The van der Waals surface area contributed by atoms with Crippen molar-refractivity contribution in [3.05, 3.63) is 41.7 Å². The van der Waals surface area contributed by atoms with Gasteiger partial charge in [-0.3, -0.25) is 0 Å². The van der Waals surface area contributed by atoms with Crippen molar-refractivity contribution in [2.24, 2.45) is 5.84 Å². The highest BCUT2D eigenvalue weighted by Crippen LogP contribution is 2.28. The molecule has 0 spiro atoms. The number of nitrogens with one attached hydrogen (secondary N) is 1. The van der Waals surface area contributed by atoms with E-state index in [1.807, 2.05) is 6.92 Å². The first-order chi connectivity index (χ1) is 9.17. The van der Waals surface area contributed by atoms with Crippen LogP contribution >= 0.6 is 0 Å². The van der Waals surface area contributed by atoms with E-state index in [4.69, 9.17) is 5.84 Å². The summed E-state index contributed by atoms with van der Waals surface area (Å²) in [5, 5.41) is 0. The van der Waals surface area contributed by atoms with Gasteiger partial charge in [-0.2, -0.15) is 0 Å². The van der Waals surface area contributed by atoms with E-state index in [1.165, 1.54) is 11.9 Å². The van der Waals surface area contributed by atoms with Gasteiger partial charge in [0.1, 0.15) is 18.0 Å². The van der Waals surface area contributed by atoms with Crippen LogP contribution in [0, 0.1) is 13.8 Å². The number of rotatable bonds is 4. The molecular weight excluding hydrogens is 238 g/mol. The van der Waals surface area contributed by atoms with Gasteiger partial charge in [0, 0.05) is 17.8 Å². The predicted octanol–water partition coefficient (Wildman–Crippen LogP) is 2.54. The number of aromatic nitrogens is 2. The molecule has 0 aliphatic rings. The van der Waals surface area contributed by atoms with Gasteiger partial charge in [-0.25, -0.2) is 15.8 Å². The Balaban J connectivity index is 2.45. The number of hydrazine groups is 1. The van der Waals surface area contributed by atoms with Gasteiger partial charge in [-0.1, -0.05) is 17.7 Å². The predicted molar refractivity (Wildman–Crippen MR) is 78.4 cm³/mol. The average molecular weight is 257 g/mol. The summed E-state index contributed by atoms with van der Waals surface area (Å²) in [6.07, 6.45) is 1.52. The topological polar surface area (TPSA) is 67.1 Å². The Morgan fingerprint density at radius 1 is 1.16 bits per heavy atom. The van der Waals surface area contributed by atoms with Crippen LogP contribution in [0.2, 0.25) is 0 Å². The van der Waals surface area contributed by atoms with Gasteiger partial charge in [0.2, 0.25) is 0 Å². The Morgan fingerprint density at radius 2 is 1.84 bits per heavy atom. The zero-order valence-corrected chi connectivity index (χ0v) is 11.5. The third kappa shape index (κ3) is 2.66. The molecule has 0 amide bonds. The number of hydrogen-bond acceptors (Lipinski definition) is 5. The lowest BCUT2D eigenvalue weighted by Gasteiger charge is -2.24. The molecule has 19 heavy (non-hydrogen) atoms. The summed E-state index contributed by atoms with van der Waals surface area (Å²) in [5.41, 5.74) is 5.88. The maximum absolute atomic E-state index is 5.46. The van der Waals surface area contributed by atoms with E-state index >= 15 is 0 Å². The molecule has 1 aromatic carbocycles. The van der Waals surface area contributed by atoms with Gasteiger partial charge in [-0.15, -0.1) is 0 Å². The van der Waals surface area contributed by atoms with Crippen molar-refractivity contribution in [2.45, 2.75) is 20.8 Å². The van der Waals surface area contributed by atoms with E-state index in [2.05, 4.69) is 58.4 Å². The fourth-order valence-corrected chi connectivity index (χ4v) is 2.04. The van der Waals surface area contributed by atoms with Crippen LogP contribution in [0.1, 0.15) is 18.1 Å². The van der Waals surface area contributed by atoms with Crippen molar-refractivity contribution in [2.75, 3.05) is 16.9 Å². The Bertz CT molecular complexity index is 550. The lowest BCUT2D eigenvalue weighted by atomic mass is 10.2. The normalized spacial score (nSPS) is 10.3. The molecule has 0 unspecified atom stereocenters. The fraction of sp³-hybridized carbons (Fsp3) is 0.286. The molecule has 0 radical (unpaired) electrons. The lowest BCUT2D eigenvalue weighted by molar-refractivity contribution is 0.960. The van der Waals surface area contributed by atoms with E-state index in [9.17, 15) is 0 Å². The van der Waals surface area contributed by atoms with Crippen LogP contribution in [-0.4, -0.2) is 16.5 Å². The maximum Gasteiger partial charge on any atom is 0.148 e. The zero-order chi connectivity index (χ0) is 13.8. The SMILES string of the molecule is CCN(c1ccc(C)cc1)c1ncnc(NN)c1C. The highest BCUT2D eigenvalue weighted by atomic mass is 15.3.